The molecule has 1 aliphatic heterocycles. The second-order valence-electron chi connectivity index (χ2n) is 7.58. The fraction of sp³-hybridized carbons (Fsp3) is 0.524. The Hall–Kier alpha value is -2.55. The van der Waals surface area contributed by atoms with E-state index in [0.717, 1.165) is 36.1 Å². The third-order valence-electron chi connectivity index (χ3n) is 5.28. The number of aryl methyl sites for hydroxylation is 1. The Labute approximate surface area is 175 Å². The summed E-state index contributed by atoms with van der Waals surface area (Å²) in [5.41, 5.74) is 1.97. The predicted molar refractivity (Wildman–Crippen MR) is 111 cm³/mol. The summed E-state index contributed by atoms with van der Waals surface area (Å²) in [6, 6.07) is 5.96. The van der Waals surface area contributed by atoms with Gasteiger partial charge in [0, 0.05) is 42.6 Å². The van der Waals surface area contributed by atoms with Crippen molar-refractivity contribution in [1.29, 1.82) is 10.5 Å². The number of ketones is 1. The van der Waals surface area contributed by atoms with Crippen molar-refractivity contribution in [3.63, 3.8) is 0 Å². The fourth-order valence-electron chi connectivity index (χ4n) is 3.54. The van der Waals surface area contributed by atoms with Crippen LogP contribution in [0.1, 0.15) is 42.0 Å². The molecule has 0 saturated carbocycles. The van der Waals surface area contributed by atoms with Gasteiger partial charge in [0.2, 0.25) is 5.91 Å². The Bertz CT molecular complexity index is 931. The normalized spacial score (nSPS) is 18.2. The Morgan fingerprint density at radius 3 is 2.66 bits per heavy atom. The summed E-state index contributed by atoms with van der Waals surface area (Å²) in [5, 5.41) is 21.9. The molecule has 2 heterocycles. The lowest BCUT2D eigenvalue weighted by Crippen LogP contribution is -2.44. The molecule has 0 radical (unpaired) electrons. The van der Waals surface area contributed by atoms with Gasteiger partial charge in [-0.15, -0.1) is 0 Å². The number of hydrogen-bond acceptors (Lipinski definition) is 6. The number of ether oxygens (including phenoxy) is 1. The molecule has 0 saturated heterocycles. The topological polar surface area (TPSA) is 108 Å². The number of thioether (sulfide) groups is 1. The zero-order valence-corrected chi connectivity index (χ0v) is 18.3. The molecule has 0 aliphatic carbocycles. The number of nitrogens with one attached hydrogen (secondary N) is 1. The lowest BCUT2D eigenvalue weighted by atomic mass is 9.72. The molecule has 0 fully saturated rings. The largest absolute Gasteiger partial charge is 0.385 e. The van der Waals surface area contributed by atoms with E-state index in [-0.39, 0.29) is 11.5 Å². The zero-order chi connectivity index (χ0) is 21.8. The first-order valence-corrected chi connectivity index (χ1v) is 10.3. The van der Waals surface area contributed by atoms with E-state index in [1.807, 2.05) is 26.0 Å². The van der Waals surface area contributed by atoms with Crippen LogP contribution in [-0.2, 0) is 16.1 Å². The highest BCUT2D eigenvalue weighted by Gasteiger charge is 2.44. The highest BCUT2D eigenvalue weighted by Crippen LogP contribution is 2.41. The summed E-state index contributed by atoms with van der Waals surface area (Å²) in [6.07, 6.45) is 0.856. The van der Waals surface area contributed by atoms with Crippen LogP contribution < -0.4 is 5.32 Å². The molecule has 1 aromatic heterocycles. The molecule has 7 nitrogen and oxygen atoms in total. The summed E-state index contributed by atoms with van der Waals surface area (Å²) < 4.78 is 7.19. The number of aromatic nitrogens is 1. The van der Waals surface area contributed by atoms with Crippen molar-refractivity contribution in [3.05, 3.63) is 33.6 Å². The average molecular weight is 415 g/mol. The van der Waals surface area contributed by atoms with Gasteiger partial charge in [0.15, 0.2) is 5.78 Å². The number of methoxy groups -OCH3 is 1. The molecule has 1 atom stereocenters. The smallest absolute Gasteiger partial charge is 0.243 e. The van der Waals surface area contributed by atoms with Crippen molar-refractivity contribution in [2.24, 2.45) is 11.3 Å². The van der Waals surface area contributed by atoms with Gasteiger partial charge < -0.3 is 14.6 Å². The van der Waals surface area contributed by atoms with Gasteiger partial charge in [-0.05, 0) is 26.3 Å². The molecule has 8 heteroatoms. The van der Waals surface area contributed by atoms with E-state index < -0.39 is 17.2 Å². The van der Waals surface area contributed by atoms with Gasteiger partial charge in [0.1, 0.15) is 5.92 Å². The SMILES string of the molecule is COCCCn1c(C)cc(C(=O)CSC2=C(C#N)C(C)(C)[C@H](C#N)C(=O)N2)c1C. The minimum atomic E-state index is -0.941. The number of nitriles is 2. The summed E-state index contributed by atoms with van der Waals surface area (Å²) >= 11 is 1.13. The van der Waals surface area contributed by atoms with Crippen molar-refractivity contribution >= 4 is 23.5 Å². The minimum absolute atomic E-state index is 0.0691. The van der Waals surface area contributed by atoms with Crippen LogP contribution in [0.2, 0.25) is 0 Å². The molecule has 2 rings (SSSR count). The zero-order valence-electron chi connectivity index (χ0n) is 17.5. The van der Waals surface area contributed by atoms with E-state index in [1.54, 1.807) is 21.0 Å². The standard InChI is InChI=1S/C21H26N4O3S/c1-13-9-15(14(2)25(13)7-6-8-28-5)18(26)12-29-20-17(11-23)21(3,4)16(10-22)19(27)24-20/h9,16H,6-8,12H2,1-5H3,(H,24,27)/t16-/m1/s1. The molecule has 1 aromatic rings. The van der Waals surface area contributed by atoms with Gasteiger partial charge in [-0.2, -0.15) is 10.5 Å². The number of Topliss-reactive ketones (excluding diaryl/α,β-unsaturated/α-hetero) is 1. The summed E-state index contributed by atoms with van der Waals surface area (Å²) in [5.74, 6) is -1.36. The first-order valence-electron chi connectivity index (χ1n) is 9.36. The minimum Gasteiger partial charge on any atom is -0.385 e. The molecule has 1 amide bonds. The van der Waals surface area contributed by atoms with Gasteiger partial charge in [0.05, 0.1) is 28.5 Å². The molecule has 154 valence electrons. The van der Waals surface area contributed by atoms with E-state index in [9.17, 15) is 20.1 Å². The average Bonchev–Trinajstić information content (AvgIpc) is 2.94. The van der Waals surface area contributed by atoms with E-state index >= 15 is 0 Å². The van der Waals surface area contributed by atoms with Crippen LogP contribution in [0.15, 0.2) is 16.7 Å². The number of nitrogens with zero attached hydrogens (tertiary/aromatic N) is 3. The van der Waals surface area contributed by atoms with Gasteiger partial charge in [-0.1, -0.05) is 25.6 Å². The van der Waals surface area contributed by atoms with Crippen molar-refractivity contribution < 1.29 is 14.3 Å². The second-order valence-corrected chi connectivity index (χ2v) is 8.57. The fourth-order valence-corrected chi connectivity index (χ4v) is 4.60. The lowest BCUT2D eigenvalue weighted by Gasteiger charge is -2.34. The van der Waals surface area contributed by atoms with Crippen LogP contribution in [0, 0.1) is 47.8 Å². The Balaban J connectivity index is 2.20. The molecule has 0 spiro atoms. The molecule has 1 aliphatic rings. The van der Waals surface area contributed by atoms with Crippen LogP contribution in [0.4, 0.5) is 0 Å². The van der Waals surface area contributed by atoms with Gasteiger partial charge in [-0.25, -0.2) is 0 Å². The van der Waals surface area contributed by atoms with Crippen molar-refractivity contribution in [2.45, 2.75) is 40.7 Å². The molecular weight excluding hydrogens is 388 g/mol. The van der Waals surface area contributed by atoms with Crippen molar-refractivity contribution in [2.75, 3.05) is 19.5 Å². The van der Waals surface area contributed by atoms with E-state index in [2.05, 4.69) is 16.0 Å². The van der Waals surface area contributed by atoms with Crippen LogP contribution >= 0.6 is 11.8 Å². The van der Waals surface area contributed by atoms with Gasteiger partial charge >= 0.3 is 0 Å². The summed E-state index contributed by atoms with van der Waals surface area (Å²) in [7, 11) is 1.66. The van der Waals surface area contributed by atoms with Crippen molar-refractivity contribution in [3.8, 4) is 12.1 Å². The molecular formula is C21H26N4O3S. The quantitative estimate of drug-likeness (QED) is 0.517. The highest BCUT2D eigenvalue weighted by molar-refractivity contribution is 8.03. The molecule has 0 aromatic carbocycles. The third-order valence-corrected chi connectivity index (χ3v) is 6.29. The van der Waals surface area contributed by atoms with Crippen LogP contribution in [-0.4, -0.2) is 35.7 Å². The number of carbonyl (C=O) groups excluding carboxylic acids is 2. The monoisotopic (exact) mass is 414 g/mol. The summed E-state index contributed by atoms with van der Waals surface area (Å²) in [6.45, 7) is 8.71. The van der Waals surface area contributed by atoms with Crippen molar-refractivity contribution in [1.82, 2.24) is 9.88 Å². The third kappa shape index (κ3) is 4.55. The molecule has 0 bridgehead atoms. The number of amides is 1. The number of allylic oxidation sites excluding steroid dienone is 1. The maximum Gasteiger partial charge on any atom is 0.243 e. The lowest BCUT2D eigenvalue weighted by molar-refractivity contribution is -0.125. The number of hydrogen-bond donors (Lipinski definition) is 1. The van der Waals surface area contributed by atoms with E-state index in [1.165, 1.54) is 0 Å². The maximum absolute atomic E-state index is 12.8. The molecule has 1 N–H and O–H groups in total. The maximum atomic E-state index is 12.8. The molecule has 29 heavy (non-hydrogen) atoms. The van der Waals surface area contributed by atoms with Gasteiger partial charge in [0.25, 0.3) is 0 Å². The van der Waals surface area contributed by atoms with Gasteiger partial charge in [-0.3, -0.25) is 9.59 Å². The number of carbonyl (C=O) groups is 2. The van der Waals surface area contributed by atoms with E-state index in [0.29, 0.717) is 22.8 Å². The Kier molecular flexibility index (Phi) is 7.29. The summed E-state index contributed by atoms with van der Waals surface area (Å²) in [4.78, 5) is 25.1. The first kappa shape index (κ1) is 22.7. The first-order chi connectivity index (χ1) is 13.7. The van der Waals surface area contributed by atoms with Crippen LogP contribution in [0.25, 0.3) is 0 Å². The number of rotatable bonds is 8. The van der Waals surface area contributed by atoms with Crippen LogP contribution in [0.5, 0.6) is 0 Å². The van der Waals surface area contributed by atoms with Crippen LogP contribution in [0.3, 0.4) is 0 Å². The molecule has 0 unspecified atom stereocenters. The predicted octanol–water partition coefficient (Wildman–Crippen LogP) is 3.09. The van der Waals surface area contributed by atoms with E-state index in [4.69, 9.17) is 4.74 Å². The second kappa shape index (κ2) is 9.30. The Morgan fingerprint density at radius 1 is 1.38 bits per heavy atom. The highest BCUT2D eigenvalue weighted by atomic mass is 32.2. The Morgan fingerprint density at radius 2 is 2.07 bits per heavy atom.